The molecule has 5 unspecified atom stereocenters. The van der Waals surface area contributed by atoms with Crippen LogP contribution in [0, 0.1) is 5.92 Å². The summed E-state index contributed by atoms with van der Waals surface area (Å²) in [6.45, 7) is 0.994. The Bertz CT molecular complexity index is 1450. The Hall–Kier alpha value is -3.24. The molecule has 3 N–H and O–H groups in total. The van der Waals surface area contributed by atoms with Gasteiger partial charge in [0.2, 0.25) is 0 Å². The zero-order valence-corrected chi connectivity index (χ0v) is 22.7. The highest BCUT2D eigenvalue weighted by molar-refractivity contribution is 9.10. The van der Waals surface area contributed by atoms with Gasteiger partial charge in [-0.3, -0.25) is 9.67 Å². The van der Waals surface area contributed by atoms with Crippen molar-refractivity contribution in [2.75, 3.05) is 13.7 Å². The molecular formula is C29H29BrN4O4. The molecule has 4 aromatic rings. The van der Waals surface area contributed by atoms with Gasteiger partial charge in [-0.1, -0.05) is 58.4 Å². The number of fused-ring (bicyclic) bond motifs is 3. The number of hydrogen-bond donors (Lipinski definition) is 3. The van der Waals surface area contributed by atoms with E-state index in [1.54, 1.807) is 18.6 Å². The van der Waals surface area contributed by atoms with Crippen molar-refractivity contribution in [2.24, 2.45) is 13.0 Å². The normalized spacial score (nSPS) is 27.6. The minimum atomic E-state index is -1.82. The van der Waals surface area contributed by atoms with Gasteiger partial charge in [0.05, 0.1) is 36.9 Å². The molecule has 9 heteroatoms. The smallest absolute Gasteiger partial charge is 0.177 e. The number of rotatable bonds is 7. The SMILES string of the molecule is COc1cncc2c1C1(O)C(O)C(CNCc3ccnn3C)C(c3ccccc3)C1(c1ccc(Br)cc1)O2. The average molecular weight is 577 g/mol. The summed E-state index contributed by atoms with van der Waals surface area (Å²) in [5, 5.41) is 32.7. The molecule has 0 saturated heterocycles. The Morgan fingerprint density at radius 2 is 1.87 bits per heavy atom. The van der Waals surface area contributed by atoms with E-state index in [1.165, 1.54) is 7.11 Å². The minimum absolute atomic E-state index is 0.373. The van der Waals surface area contributed by atoms with Gasteiger partial charge in [-0.2, -0.15) is 5.10 Å². The first-order chi connectivity index (χ1) is 18.4. The molecule has 0 radical (unpaired) electrons. The van der Waals surface area contributed by atoms with E-state index in [2.05, 4.69) is 31.3 Å². The second kappa shape index (κ2) is 9.50. The Kier molecular flexibility index (Phi) is 6.26. The number of aliphatic hydroxyl groups is 2. The first kappa shape index (κ1) is 25.1. The first-order valence-corrected chi connectivity index (χ1v) is 13.3. The summed E-state index contributed by atoms with van der Waals surface area (Å²) < 4.78 is 15.2. The Balaban J connectivity index is 1.54. The molecule has 196 valence electrons. The number of methoxy groups -OCH3 is 1. The number of nitrogens with zero attached hydrogens (tertiary/aromatic N) is 3. The Morgan fingerprint density at radius 3 is 2.55 bits per heavy atom. The molecule has 0 spiro atoms. The Morgan fingerprint density at radius 1 is 1.11 bits per heavy atom. The van der Waals surface area contributed by atoms with Crippen molar-refractivity contribution in [3.05, 3.63) is 106 Å². The quantitative estimate of drug-likeness (QED) is 0.309. The van der Waals surface area contributed by atoms with Gasteiger partial charge in [-0.05, 0) is 29.3 Å². The lowest BCUT2D eigenvalue weighted by Crippen LogP contribution is -2.52. The molecule has 1 saturated carbocycles. The molecular weight excluding hydrogens is 548 g/mol. The van der Waals surface area contributed by atoms with Crippen molar-refractivity contribution in [3.63, 3.8) is 0 Å². The van der Waals surface area contributed by atoms with Crippen LogP contribution in [0.2, 0.25) is 0 Å². The summed E-state index contributed by atoms with van der Waals surface area (Å²) in [6.07, 6.45) is 3.71. The molecule has 8 nitrogen and oxygen atoms in total. The largest absolute Gasteiger partial charge is 0.495 e. The van der Waals surface area contributed by atoms with Gasteiger partial charge in [-0.25, -0.2) is 0 Å². The summed E-state index contributed by atoms with van der Waals surface area (Å²) in [7, 11) is 3.43. The van der Waals surface area contributed by atoms with Crippen LogP contribution in [0.25, 0.3) is 0 Å². The Labute approximate surface area is 229 Å². The topological polar surface area (TPSA) is 102 Å². The molecule has 6 rings (SSSR count). The van der Waals surface area contributed by atoms with Crippen molar-refractivity contribution in [2.45, 2.75) is 29.8 Å². The molecule has 2 aromatic heterocycles. The third-order valence-corrected chi connectivity index (χ3v) is 8.58. The molecule has 0 amide bonds. The van der Waals surface area contributed by atoms with Crippen molar-refractivity contribution in [1.29, 1.82) is 0 Å². The fourth-order valence-electron chi connectivity index (χ4n) is 6.40. The van der Waals surface area contributed by atoms with E-state index >= 15 is 0 Å². The minimum Gasteiger partial charge on any atom is -0.495 e. The van der Waals surface area contributed by atoms with Gasteiger partial charge in [0, 0.05) is 42.6 Å². The van der Waals surface area contributed by atoms with Gasteiger partial charge < -0.3 is 25.0 Å². The van der Waals surface area contributed by atoms with Crippen LogP contribution in [0.4, 0.5) is 0 Å². The van der Waals surface area contributed by atoms with Crippen LogP contribution in [-0.4, -0.2) is 44.7 Å². The maximum atomic E-state index is 12.8. The van der Waals surface area contributed by atoms with E-state index in [4.69, 9.17) is 9.47 Å². The molecule has 1 aliphatic heterocycles. The maximum absolute atomic E-state index is 12.8. The number of benzene rings is 2. The van der Waals surface area contributed by atoms with Crippen molar-refractivity contribution in [3.8, 4) is 11.5 Å². The third-order valence-electron chi connectivity index (χ3n) is 8.05. The van der Waals surface area contributed by atoms with Crippen LogP contribution >= 0.6 is 15.9 Å². The fourth-order valence-corrected chi connectivity index (χ4v) is 6.66. The molecule has 1 aliphatic carbocycles. The van der Waals surface area contributed by atoms with Crippen LogP contribution in [0.5, 0.6) is 11.5 Å². The molecule has 5 atom stereocenters. The average Bonchev–Trinajstić information content (AvgIpc) is 3.52. The standard InChI is InChI=1S/C29H29BrN4O4/c1-34-21(12-13-33-34)14-31-15-22-25(18-6-4-3-5-7-18)29(19-8-10-20(30)11-9-19)28(36,27(22)35)26-23(37-2)16-32-17-24(26)38-29/h3-13,16-17,22,25,27,31,35-36H,14-15H2,1-2H3. The van der Waals surface area contributed by atoms with Gasteiger partial charge in [0.15, 0.2) is 11.2 Å². The third kappa shape index (κ3) is 3.53. The number of pyridine rings is 1. The van der Waals surface area contributed by atoms with E-state index in [-0.39, 0.29) is 0 Å². The van der Waals surface area contributed by atoms with Crippen LogP contribution in [0.1, 0.15) is 28.3 Å². The molecule has 3 heterocycles. The molecule has 0 bridgehead atoms. The van der Waals surface area contributed by atoms with Gasteiger partial charge in [0.1, 0.15) is 11.5 Å². The van der Waals surface area contributed by atoms with Gasteiger partial charge in [-0.15, -0.1) is 0 Å². The molecule has 38 heavy (non-hydrogen) atoms. The second-order valence-corrected chi connectivity index (χ2v) is 10.8. The maximum Gasteiger partial charge on any atom is 0.177 e. The van der Waals surface area contributed by atoms with E-state index in [0.29, 0.717) is 30.2 Å². The molecule has 2 aliphatic rings. The lowest BCUT2D eigenvalue weighted by atomic mass is 9.70. The van der Waals surface area contributed by atoms with E-state index in [1.807, 2.05) is 72.4 Å². The van der Waals surface area contributed by atoms with Gasteiger partial charge >= 0.3 is 0 Å². The zero-order valence-electron chi connectivity index (χ0n) is 21.1. The van der Waals surface area contributed by atoms with Crippen LogP contribution in [-0.2, 0) is 24.8 Å². The van der Waals surface area contributed by atoms with Crippen molar-refractivity contribution in [1.82, 2.24) is 20.1 Å². The second-order valence-electron chi connectivity index (χ2n) is 9.90. The van der Waals surface area contributed by atoms with E-state index in [0.717, 1.165) is 21.3 Å². The highest BCUT2D eigenvalue weighted by atomic mass is 79.9. The highest BCUT2D eigenvalue weighted by Crippen LogP contribution is 2.69. The zero-order chi connectivity index (χ0) is 26.5. The highest BCUT2D eigenvalue weighted by Gasteiger charge is 2.76. The summed E-state index contributed by atoms with van der Waals surface area (Å²) >= 11 is 3.53. The first-order valence-electron chi connectivity index (χ1n) is 12.5. The number of aromatic nitrogens is 3. The fraction of sp³-hybridized carbons (Fsp3) is 0.310. The monoisotopic (exact) mass is 576 g/mol. The predicted molar refractivity (Wildman–Crippen MR) is 145 cm³/mol. The number of aryl methyl sites for hydroxylation is 1. The molecule has 1 fully saturated rings. The number of nitrogens with one attached hydrogen (secondary N) is 1. The summed E-state index contributed by atoms with van der Waals surface area (Å²) in [4.78, 5) is 4.28. The lowest BCUT2D eigenvalue weighted by Gasteiger charge is -2.41. The number of halogens is 1. The number of hydrogen-bond acceptors (Lipinski definition) is 7. The lowest BCUT2D eigenvalue weighted by molar-refractivity contribution is -0.152. The number of ether oxygens (including phenoxy) is 2. The predicted octanol–water partition coefficient (Wildman–Crippen LogP) is 3.63. The number of aliphatic hydroxyl groups excluding tert-OH is 1. The van der Waals surface area contributed by atoms with Crippen molar-refractivity contribution < 1.29 is 19.7 Å². The van der Waals surface area contributed by atoms with Crippen LogP contribution in [0.3, 0.4) is 0 Å². The van der Waals surface area contributed by atoms with Crippen LogP contribution in [0.15, 0.2) is 83.7 Å². The van der Waals surface area contributed by atoms with E-state index < -0.39 is 29.1 Å². The van der Waals surface area contributed by atoms with Crippen LogP contribution < -0.4 is 14.8 Å². The summed E-state index contributed by atoms with van der Waals surface area (Å²) in [6, 6.07) is 19.6. The summed E-state index contributed by atoms with van der Waals surface area (Å²) in [5.41, 5.74) is -0.0124. The summed E-state index contributed by atoms with van der Waals surface area (Å²) in [5.74, 6) is -0.0549. The van der Waals surface area contributed by atoms with Crippen molar-refractivity contribution >= 4 is 15.9 Å². The molecule has 2 aromatic carbocycles. The van der Waals surface area contributed by atoms with Gasteiger partial charge in [0.25, 0.3) is 0 Å². The van der Waals surface area contributed by atoms with E-state index in [9.17, 15) is 10.2 Å².